The average Bonchev–Trinajstić information content (AvgIpc) is 2.31. The van der Waals surface area contributed by atoms with Crippen molar-refractivity contribution in [1.29, 1.82) is 0 Å². The highest BCUT2D eigenvalue weighted by Gasteiger charge is 2.02. The first kappa shape index (κ1) is 9.84. The van der Waals surface area contributed by atoms with E-state index in [-0.39, 0.29) is 0 Å². The Labute approximate surface area is 90.5 Å². The third kappa shape index (κ3) is 2.62. The zero-order chi connectivity index (χ0) is 10.5. The molecule has 2 heteroatoms. The van der Waals surface area contributed by atoms with E-state index >= 15 is 0 Å². The number of nitrogens with zero attached hydrogens (tertiary/aromatic N) is 1. The summed E-state index contributed by atoms with van der Waals surface area (Å²) in [5, 5.41) is 0. The Morgan fingerprint density at radius 1 is 1.33 bits per heavy atom. The predicted molar refractivity (Wildman–Crippen MR) is 61.7 cm³/mol. The maximum absolute atomic E-state index is 5.19. The van der Waals surface area contributed by atoms with Gasteiger partial charge in [0, 0.05) is 13.1 Å². The minimum absolute atomic E-state index is 0.920. The van der Waals surface area contributed by atoms with Gasteiger partial charge in [-0.3, -0.25) is 0 Å². The second-order valence-corrected chi connectivity index (χ2v) is 3.55. The Morgan fingerprint density at radius 3 is 3.00 bits per heavy atom. The molecule has 0 saturated carbocycles. The van der Waals surface area contributed by atoms with Crippen LogP contribution in [-0.2, 0) is 6.54 Å². The molecule has 0 radical (unpaired) electrons. The standard InChI is InChI=1S/C13H15NO/c1-15-13-7-5-6-12(10-13)11-14-8-3-2-4-9-14/h2-8,10H,9,11H2,1H3. The van der Waals surface area contributed by atoms with Crippen molar-refractivity contribution in [1.82, 2.24) is 4.90 Å². The van der Waals surface area contributed by atoms with Crippen LogP contribution in [0.1, 0.15) is 5.56 Å². The summed E-state index contributed by atoms with van der Waals surface area (Å²) in [5.41, 5.74) is 1.27. The van der Waals surface area contributed by atoms with Crippen LogP contribution in [0.3, 0.4) is 0 Å². The molecule has 15 heavy (non-hydrogen) atoms. The SMILES string of the molecule is COc1cccc(CN2C=CC=CC2)c1. The third-order valence-electron chi connectivity index (χ3n) is 2.40. The largest absolute Gasteiger partial charge is 0.497 e. The van der Waals surface area contributed by atoms with E-state index in [0.29, 0.717) is 0 Å². The molecular weight excluding hydrogens is 186 g/mol. The van der Waals surface area contributed by atoms with Crippen molar-refractivity contribution in [3.63, 3.8) is 0 Å². The van der Waals surface area contributed by atoms with Crippen LogP contribution in [0.25, 0.3) is 0 Å². The summed E-state index contributed by atoms with van der Waals surface area (Å²) in [7, 11) is 1.70. The number of benzene rings is 1. The van der Waals surface area contributed by atoms with E-state index in [1.165, 1.54) is 5.56 Å². The number of hydrogen-bond acceptors (Lipinski definition) is 2. The first-order valence-corrected chi connectivity index (χ1v) is 5.09. The lowest BCUT2D eigenvalue weighted by molar-refractivity contribution is 0.397. The van der Waals surface area contributed by atoms with Gasteiger partial charge in [-0.2, -0.15) is 0 Å². The highest BCUT2D eigenvalue weighted by atomic mass is 16.5. The Kier molecular flexibility index (Phi) is 3.08. The van der Waals surface area contributed by atoms with Gasteiger partial charge >= 0.3 is 0 Å². The monoisotopic (exact) mass is 201 g/mol. The predicted octanol–water partition coefficient (Wildman–Crippen LogP) is 2.58. The molecule has 0 N–H and O–H groups in total. The van der Waals surface area contributed by atoms with Crippen LogP contribution in [0.5, 0.6) is 5.75 Å². The van der Waals surface area contributed by atoms with Gasteiger partial charge in [0.25, 0.3) is 0 Å². The summed E-state index contributed by atoms with van der Waals surface area (Å²) in [4.78, 5) is 2.26. The van der Waals surface area contributed by atoms with Crippen molar-refractivity contribution in [2.45, 2.75) is 6.54 Å². The highest BCUT2D eigenvalue weighted by Crippen LogP contribution is 2.15. The molecule has 78 valence electrons. The Bertz CT molecular complexity index is 382. The maximum atomic E-state index is 5.19. The first-order valence-electron chi connectivity index (χ1n) is 5.09. The van der Waals surface area contributed by atoms with E-state index in [1.807, 2.05) is 12.1 Å². The highest BCUT2D eigenvalue weighted by molar-refractivity contribution is 5.28. The van der Waals surface area contributed by atoms with Crippen LogP contribution in [-0.4, -0.2) is 18.6 Å². The van der Waals surface area contributed by atoms with Gasteiger partial charge in [-0.25, -0.2) is 0 Å². The van der Waals surface area contributed by atoms with E-state index in [9.17, 15) is 0 Å². The summed E-state index contributed by atoms with van der Waals surface area (Å²) >= 11 is 0. The third-order valence-corrected chi connectivity index (χ3v) is 2.40. The molecular formula is C13H15NO. The smallest absolute Gasteiger partial charge is 0.119 e. The fraction of sp³-hybridized carbons (Fsp3) is 0.231. The average molecular weight is 201 g/mol. The number of methoxy groups -OCH3 is 1. The van der Waals surface area contributed by atoms with Crippen LogP contribution >= 0.6 is 0 Å². The van der Waals surface area contributed by atoms with Gasteiger partial charge < -0.3 is 9.64 Å². The lowest BCUT2D eigenvalue weighted by Crippen LogP contribution is -2.18. The fourth-order valence-corrected chi connectivity index (χ4v) is 1.63. The molecule has 0 aliphatic carbocycles. The zero-order valence-corrected chi connectivity index (χ0v) is 8.89. The Balaban J connectivity index is 2.03. The van der Waals surface area contributed by atoms with Crippen molar-refractivity contribution in [2.75, 3.05) is 13.7 Å². The molecule has 1 aromatic carbocycles. The minimum atomic E-state index is 0.920. The molecule has 0 spiro atoms. The van der Waals surface area contributed by atoms with Crippen LogP contribution in [0.15, 0.2) is 48.7 Å². The minimum Gasteiger partial charge on any atom is -0.497 e. The molecule has 0 unspecified atom stereocenters. The number of rotatable bonds is 3. The lowest BCUT2D eigenvalue weighted by Gasteiger charge is -2.20. The van der Waals surface area contributed by atoms with Crippen molar-refractivity contribution in [3.05, 3.63) is 54.3 Å². The molecule has 0 atom stereocenters. The van der Waals surface area contributed by atoms with Crippen molar-refractivity contribution in [3.8, 4) is 5.75 Å². The molecule has 1 aliphatic rings. The van der Waals surface area contributed by atoms with Gasteiger partial charge in [0.15, 0.2) is 0 Å². The van der Waals surface area contributed by atoms with E-state index in [1.54, 1.807) is 7.11 Å². The summed E-state index contributed by atoms with van der Waals surface area (Å²) < 4.78 is 5.19. The summed E-state index contributed by atoms with van der Waals surface area (Å²) in [6.45, 7) is 1.91. The zero-order valence-electron chi connectivity index (χ0n) is 8.89. The van der Waals surface area contributed by atoms with Gasteiger partial charge in [0.05, 0.1) is 7.11 Å². The Hall–Kier alpha value is -1.70. The van der Waals surface area contributed by atoms with Crippen LogP contribution in [0.2, 0.25) is 0 Å². The topological polar surface area (TPSA) is 12.5 Å². The molecule has 0 bridgehead atoms. The maximum Gasteiger partial charge on any atom is 0.119 e. The van der Waals surface area contributed by atoms with Crippen molar-refractivity contribution < 1.29 is 4.74 Å². The summed E-state index contributed by atoms with van der Waals surface area (Å²) in [5.74, 6) is 0.920. The molecule has 2 nitrogen and oxygen atoms in total. The van der Waals surface area contributed by atoms with Gasteiger partial charge in [0.1, 0.15) is 5.75 Å². The van der Waals surface area contributed by atoms with Crippen LogP contribution in [0.4, 0.5) is 0 Å². The fourth-order valence-electron chi connectivity index (χ4n) is 1.63. The first-order chi connectivity index (χ1) is 7.38. The lowest BCUT2D eigenvalue weighted by atomic mass is 10.2. The number of hydrogen-bond donors (Lipinski definition) is 0. The molecule has 0 aromatic heterocycles. The quantitative estimate of drug-likeness (QED) is 0.745. The Morgan fingerprint density at radius 2 is 2.27 bits per heavy atom. The number of ether oxygens (including phenoxy) is 1. The van der Waals surface area contributed by atoms with Crippen LogP contribution < -0.4 is 4.74 Å². The molecule has 1 aromatic rings. The molecule has 1 heterocycles. The van der Waals surface area contributed by atoms with Crippen LogP contribution in [0, 0.1) is 0 Å². The second-order valence-electron chi connectivity index (χ2n) is 3.55. The van der Waals surface area contributed by atoms with Crippen molar-refractivity contribution in [2.24, 2.45) is 0 Å². The normalized spacial score (nSPS) is 14.3. The molecule has 0 saturated heterocycles. The summed E-state index contributed by atoms with van der Waals surface area (Å²) in [6.07, 6.45) is 8.39. The summed E-state index contributed by atoms with van der Waals surface area (Å²) in [6, 6.07) is 8.19. The van der Waals surface area contributed by atoms with Crippen molar-refractivity contribution >= 4 is 0 Å². The molecule has 0 amide bonds. The van der Waals surface area contributed by atoms with E-state index in [2.05, 4.69) is 41.5 Å². The van der Waals surface area contributed by atoms with Gasteiger partial charge in [0.2, 0.25) is 0 Å². The van der Waals surface area contributed by atoms with Gasteiger partial charge in [-0.05, 0) is 30.0 Å². The second kappa shape index (κ2) is 4.69. The number of allylic oxidation sites excluding steroid dienone is 2. The molecule has 2 rings (SSSR count). The van der Waals surface area contributed by atoms with E-state index in [4.69, 9.17) is 4.74 Å². The van der Waals surface area contributed by atoms with E-state index < -0.39 is 0 Å². The molecule has 0 fully saturated rings. The molecule has 1 aliphatic heterocycles. The van der Waals surface area contributed by atoms with Gasteiger partial charge in [-0.1, -0.05) is 24.3 Å². The van der Waals surface area contributed by atoms with Gasteiger partial charge in [-0.15, -0.1) is 0 Å². The van der Waals surface area contributed by atoms with E-state index in [0.717, 1.165) is 18.8 Å².